The fraction of sp³-hybridized carbons (Fsp3) is 0. The summed E-state index contributed by atoms with van der Waals surface area (Å²) in [6, 6.07) is 7.22. The Bertz CT molecular complexity index is 160. The quantitative estimate of drug-likeness (QED) is 0.498. The lowest BCUT2D eigenvalue weighted by Crippen LogP contribution is -1.68. The van der Waals surface area contributed by atoms with Crippen LogP contribution in [0.1, 0.15) is 5.56 Å². The standard InChI is InChI=1S/C7H5Cl/c1-6-4-2-3-5-7(6)8/h1-5H. The molecule has 1 aromatic rings. The highest BCUT2D eigenvalue weighted by Crippen LogP contribution is 2.11. The van der Waals surface area contributed by atoms with Gasteiger partial charge in [0.15, 0.2) is 0 Å². The Labute approximate surface area is 54.1 Å². The van der Waals surface area contributed by atoms with E-state index in [1.807, 2.05) is 12.1 Å². The van der Waals surface area contributed by atoms with Crippen molar-refractivity contribution in [2.24, 2.45) is 0 Å². The van der Waals surface area contributed by atoms with Crippen molar-refractivity contribution in [3.05, 3.63) is 41.8 Å². The molecule has 0 amide bonds. The van der Waals surface area contributed by atoms with Gasteiger partial charge in [-0.1, -0.05) is 29.8 Å². The Kier molecular flexibility index (Phi) is 1.54. The molecule has 8 heavy (non-hydrogen) atoms. The first-order valence-electron chi connectivity index (χ1n) is 2.31. The van der Waals surface area contributed by atoms with Crippen LogP contribution >= 0.6 is 11.6 Å². The maximum atomic E-state index is 5.58. The molecule has 1 heteroatoms. The molecule has 40 valence electrons. The van der Waals surface area contributed by atoms with Crippen LogP contribution in [-0.2, 0) is 0 Å². The van der Waals surface area contributed by atoms with Crippen molar-refractivity contribution in [3.63, 3.8) is 0 Å². The molecule has 0 bridgehead atoms. The van der Waals surface area contributed by atoms with E-state index < -0.39 is 0 Å². The average molecular weight is 125 g/mol. The van der Waals surface area contributed by atoms with Crippen LogP contribution in [0.2, 0.25) is 5.02 Å². The van der Waals surface area contributed by atoms with Gasteiger partial charge in [-0.25, -0.2) is 0 Å². The van der Waals surface area contributed by atoms with E-state index in [4.69, 9.17) is 18.5 Å². The summed E-state index contributed by atoms with van der Waals surface area (Å²) in [6.07, 6.45) is 0. The lowest BCUT2D eigenvalue weighted by molar-refractivity contribution is 1.61. The van der Waals surface area contributed by atoms with Gasteiger partial charge in [0.05, 0.1) is 0 Å². The molecule has 0 nitrogen and oxygen atoms in total. The summed E-state index contributed by atoms with van der Waals surface area (Å²) in [5.74, 6) is 0. The maximum absolute atomic E-state index is 5.58. The van der Waals surface area contributed by atoms with Crippen molar-refractivity contribution in [2.45, 2.75) is 0 Å². The van der Waals surface area contributed by atoms with Gasteiger partial charge in [0.25, 0.3) is 0 Å². The fourth-order valence-electron chi connectivity index (χ4n) is 0.475. The molecular formula is C7H5Cl. The van der Waals surface area contributed by atoms with E-state index in [1.165, 1.54) is 0 Å². The van der Waals surface area contributed by atoms with E-state index in [0.29, 0.717) is 10.6 Å². The van der Waals surface area contributed by atoms with Crippen LogP contribution in [0.25, 0.3) is 0 Å². The molecule has 1 rings (SSSR count). The molecule has 1 aromatic carbocycles. The molecule has 0 saturated carbocycles. The van der Waals surface area contributed by atoms with Gasteiger partial charge < -0.3 is 0 Å². The molecule has 0 heterocycles. The van der Waals surface area contributed by atoms with Crippen LogP contribution in [0.4, 0.5) is 0 Å². The zero-order valence-corrected chi connectivity index (χ0v) is 5.02. The van der Waals surface area contributed by atoms with Crippen LogP contribution in [-0.4, -0.2) is 0 Å². The van der Waals surface area contributed by atoms with Gasteiger partial charge in [0, 0.05) is 11.9 Å². The predicted molar refractivity (Wildman–Crippen MR) is 34.9 cm³/mol. The topological polar surface area (TPSA) is 0 Å². The lowest BCUT2D eigenvalue weighted by atomic mass is 10.2. The van der Waals surface area contributed by atoms with E-state index in [9.17, 15) is 0 Å². The summed E-state index contributed by atoms with van der Waals surface area (Å²) in [6.45, 7) is 5.39. The minimum absolute atomic E-state index is 0.618. The van der Waals surface area contributed by atoms with Gasteiger partial charge in [-0.15, -0.1) is 0 Å². The Morgan fingerprint density at radius 2 is 1.88 bits per heavy atom. The van der Waals surface area contributed by atoms with E-state index in [2.05, 4.69) is 0 Å². The van der Waals surface area contributed by atoms with Crippen molar-refractivity contribution in [2.75, 3.05) is 0 Å². The van der Waals surface area contributed by atoms with Crippen LogP contribution in [0.3, 0.4) is 0 Å². The zero-order valence-electron chi connectivity index (χ0n) is 4.26. The SMILES string of the molecule is [CH]c1ccccc1Cl. The average Bonchev–Trinajstić information content (AvgIpc) is 1.77. The molecule has 0 atom stereocenters. The third-order valence-electron chi connectivity index (χ3n) is 0.905. The monoisotopic (exact) mass is 124 g/mol. The number of benzene rings is 1. The Balaban J connectivity index is 3.13. The van der Waals surface area contributed by atoms with Crippen molar-refractivity contribution in [1.29, 1.82) is 0 Å². The molecule has 0 saturated heterocycles. The van der Waals surface area contributed by atoms with Gasteiger partial charge in [-0.05, 0) is 11.6 Å². The molecular weight excluding hydrogens is 120 g/mol. The fourth-order valence-corrected chi connectivity index (χ4v) is 0.611. The van der Waals surface area contributed by atoms with Gasteiger partial charge in [-0.3, -0.25) is 0 Å². The predicted octanol–water partition coefficient (Wildman–Crippen LogP) is 2.40. The van der Waals surface area contributed by atoms with E-state index in [1.54, 1.807) is 12.1 Å². The number of hydrogen-bond donors (Lipinski definition) is 0. The number of rotatable bonds is 0. The Morgan fingerprint density at radius 3 is 2.25 bits per heavy atom. The van der Waals surface area contributed by atoms with Crippen LogP contribution in [0.15, 0.2) is 24.3 Å². The summed E-state index contributed by atoms with van der Waals surface area (Å²) in [7, 11) is 0. The largest absolute Gasteiger partial charge is 0.0840 e. The summed E-state index contributed by atoms with van der Waals surface area (Å²) >= 11 is 5.58. The first-order valence-corrected chi connectivity index (χ1v) is 2.68. The summed E-state index contributed by atoms with van der Waals surface area (Å²) < 4.78 is 0. The third-order valence-corrected chi connectivity index (χ3v) is 1.25. The summed E-state index contributed by atoms with van der Waals surface area (Å²) in [4.78, 5) is 0. The number of hydrogen-bond acceptors (Lipinski definition) is 0. The molecule has 0 spiro atoms. The Hall–Kier alpha value is -0.490. The molecule has 0 aliphatic carbocycles. The van der Waals surface area contributed by atoms with Crippen molar-refractivity contribution in [1.82, 2.24) is 0 Å². The second-order valence-electron chi connectivity index (χ2n) is 1.52. The normalized spacial score (nSPS) is 9.25. The van der Waals surface area contributed by atoms with Crippen LogP contribution in [0, 0.1) is 6.92 Å². The molecule has 0 aliphatic heterocycles. The van der Waals surface area contributed by atoms with Crippen LogP contribution in [0.5, 0.6) is 0 Å². The highest BCUT2D eigenvalue weighted by molar-refractivity contribution is 6.31. The minimum Gasteiger partial charge on any atom is -0.0840 e. The highest BCUT2D eigenvalue weighted by atomic mass is 35.5. The molecule has 0 fully saturated rings. The molecule has 0 N–H and O–H groups in total. The van der Waals surface area contributed by atoms with Gasteiger partial charge >= 0.3 is 0 Å². The summed E-state index contributed by atoms with van der Waals surface area (Å²) in [5.41, 5.74) is 0.633. The summed E-state index contributed by atoms with van der Waals surface area (Å²) in [5, 5.41) is 0.618. The minimum atomic E-state index is 0.618. The van der Waals surface area contributed by atoms with Crippen molar-refractivity contribution < 1.29 is 0 Å². The second-order valence-corrected chi connectivity index (χ2v) is 1.93. The zero-order chi connectivity index (χ0) is 5.98. The van der Waals surface area contributed by atoms with Crippen molar-refractivity contribution >= 4 is 11.6 Å². The molecule has 0 aromatic heterocycles. The smallest absolute Gasteiger partial charge is 0.0441 e. The van der Waals surface area contributed by atoms with E-state index in [-0.39, 0.29) is 0 Å². The molecule has 0 unspecified atom stereocenters. The van der Waals surface area contributed by atoms with E-state index in [0.717, 1.165) is 0 Å². The first-order chi connectivity index (χ1) is 3.80. The van der Waals surface area contributed by atoms with Crippen molar-refractivity contribution in [3.8, 4) is 0 Å². The molecule has 2 radical (unpaired) electrons. The highest BCUT2D eigenvalue weighted by Gasteiger charge is 1.87. The Morgan fingerprint density at radius 1 is 1.25 bits per heavy atom. The third kappa shape index (κ3) is 1.01. The number of halogens is 1. The molecule has 0 aliphatic rings. The van der Waals surface area contributed by atoms with E-state index >= 15 is 0 Å². The maximum Gasteiger partial charge on any atom is 0.0441 e. The van der Waals surface area contributed by atoms with Crippen LogP contribution < -0.4 is 0 Å². The van der Waals surface area contributed by atoms with Gasteiger partial charge in [-0.2, -0.15) is 0 Å². The second kappa shape index (κ2) is 2.19. The van der Waals surface area contributed by atoms with Gasteiger partial charge in [0.1, 0.15) is 0 Å². The first kappa shape index (κ1) is 5.64. The van der Waals surface area contributed by atoms with Gasteiger partial charge in [0.2, 0.25) is 0 Å². The lowest BCUT2D eigenvalue weighted by Gasteiger charge is -1.90.